The maximum absolute atomic E-state index is 13.1. The van der Waals surface area contributed by atoms with Gasteiger partial charge in [0.25, 0.3) is 0 Å². The van der Waals surface area contributed by atoms with E-state index in [1.807, 2.05) is 47.2 Å². The van der Waals surface area contributed by atoms with E-state index < -0.39 is 5.97 Å². The summed E-state index contributed by atoms with van der Waals surface area (Å²) in [5.41, 5.74) is 7.49. The minimum atomic E-state index is -0.807. The third-order valence-corrected chi connectivity index (χ3v) is 5.48. The molecule has 1 amide bonds. The quantitative estimate of drug-likeness (QED) is 0.722. The predicted octanol–water partition coefficient (Wildman–Crippen LogP) is 0.849. The average Bonchev–Trinajstić information content (AvgIpc) is 2.98. The zero-order chi connectivity index (χ0) is 18.5. The van der Waals surface area contributed by atoms with Gasteiger partial charge >= 0.3 is 5.97 Å². The van der Waals surface area contributed by atoms with Crippen LogP contribution in [0.25, 0.3) is 0 Å². The summed E-state index contributed by atoms with van der Waals surface area (Å²) in [6.07, 6.45) is 2.65. The molecule has 142 valence electrons. The number of hydrogen-bond acceptors (Lipinski definition) is 5. The second kappa shape index (κ2) is 8.62. The largest absolute Gasteiger partial charge is 0.480 e. The number of benzene rings is 1. The number of nitrogens with zero attached hydrogens (tertiary/aromatic N) is 2. The van der Waals surface area contributed by atoms with Gasteiger partial charge in [-0.25, -0.2) is 5.43 Å². The van der Waals surface area contributed by atoms with E-state index in [2.05, 4.69) is 10.9 Å². The molecule has 2 aliphatic heterocycles. The highest BCUT2D eigenvalue weighted by atomic mass is 16.4. The normalized spacial score (nSPS) is 26.7. The molecule has 0 aromatic heterocycles. The second-order valence-corrected chi connectivity index (χ2v) is 7.24. The smallest absolute Gasteiger partial charge is 0.317 e. The molecule has 0 aliphatic carbocycles. The van der Waals surface area contributed by atoms with Crippen LogP contribution < -0.4 is 10.9 Å². The SMILES string of the molecule is CN(CC(=O)O)C1CCCN(C(=O)C2CNNC2c2ccccc2)CC1. The first-order valence-corrected chi connectivity index (χ1v) is 9.30. The number of likely N-dealkylation sites (N-methyl/N-ethyl adjacent to an activating group) is 1. The van der Waals surface area contributed by atoms with Gasteiger partial charge in [-0.3, -0.25) is 19.9 Å². The minimum absolute atomic E-state index is 0.0163. The lowest BCUT2D eigenvalue weighted by Crippen LogP contribution is -2.41. The van der Waals surface area contributed by atoms with Crippen LogP contribution in [0.3, 0.4) is 0 Å². The van der Waals surface area contributed by atoms with Crippen LogP contribution in [0.15, 0.2) is 30.3 Å². The van der Waals surface area contributed by atoms with Gasteiger partial charge in [0.2, 0.25) is 5.91 Å². The molecule has 2 aliphatic rings. The lowest BCUT2D eigenvalue weighted by atomic mass is 9.93. The summed E-state index contributed by atoms with van der Waals surface area (Å²) >= 11 is 0. The van der Waals surface area contributed by atoms with Crippen molar-refractivity contribution in [1.82, 2.24) is 20.7 Å². The van der Waals surface area contributed by atoms with Crippen molar-refractivity contribution < 1.29 is 14.7 Å². The Kier molecular flexibility index (Phi) is 6.24. The molecule has 2 heterocycles. The first-order valence-electron chi connectivity index (χ1n) is 9.30. The number of carboxylic acids is 1. The monoisotopic (exact) mass is 360 g/mol. The molecule has 3 rings (SSSR count). The zero-order valence-electron chi connectivity index (χ0n) is 15.2. The van der Waals surface area contributed by atoms with Crippen molar-refractivity contribution in [3.05, 3.63) is 35.9 Å². The summed E-state index contributed by atoms with van der Waals surface area (Å²) in [5.74, 6) is -0.748. The Labute approximate surface area is 154 Å². The molecular formula is C19H28N4O3. The number of aliphatic carboxylic acids is 1. The van der Waals surface area contributed by atoms with E-state index in [-0.39, 0.29) is 30.5 Å². The van der Waals surface area contributed by atoms with Crippen molar-refractivity contribution in [1.29, 1.82) is 0 Å². The predicted molar refractivity (Wildman–Crippen MR) is 98.3 cm³/mol. The molecule has 2 saturated heterocycles. The highest BCUT2D eigenvalue weighted by Gasteiger charge is 2.37. The van der Waals surface area contributed by atoms with Gasteiger partial charge in [0.1, 0.15) is 0 Å². The molecule has 3 atom stereocenters. The summed E-state index contributed by atoms with van der Waals surface area (Å²) in [5, 5.41) is 8.99. The Morgan fingerprint density at radius 2 is 2.00 bits per heavy atom. The molecule has 1 aromatic carbocycles. The van der Waals surface area contributed by atoms with Crippen LogP contribution in [0.4, 0.5) is 0 Å². The van der Waals surface area contributed by atoms with Gasteiger partial charge in [-0.2, -0.15) is 0 Å². The number of carboxylic acid groups (broad SMARTS) is 1. The van der Waals surface area contributed by atoms with Gasteiger partial charge in [-0.15, -0.1) is 0 Å². The molecule has 0 spiro atoms. The second-order valence-electron chi connectivity index (χ2n) is 7.24. The van der Waals surface area contributed by atoms with Gasteiger partial charge in [0.15, 0.2) is 0 Å². The van der Waals surface area contributed by atoms with E-state index in [1.165, 1.54) is 0 Å². The number of nitrogens with one attached hydrogen (secondary N) is 2. The summed E-state index contributed by atoms with van der Waals surface area (Å²) < 4.78 is 0. The van der Waals surface area contributed by atoms with Gasteiger partial charge in [0.05, 0.1) is 18.5 Å². The first kappa shape index (κ1) is 18.8. The molecule has 3 unspecified atom stereocenters. The topological polar surface area (TPSA) is 84.9 Å². The maximum atomic E-state index is 13.1. The third-order valence-electron chi connectivity index (χ3n) is 5.48. The lowest BCUT2D eigenvalue weighted by Gasteiger charge is -2.28. The Hall–Kier alpha value is -1.96. The van der Waals surface area contributed by atoms with Crippen LogP contribution in [-0.2, 0) is 9.59 Å². The Bertz CT molecular complexity index is 624. The van der Waals surface area contributed by atoms with E-state index in [1.54, 1.807) is 0 Å². The van der Waals surface area contributed by atoms with E-state index in [4.69, 9.17) is 5.11 Å². The first-order chi connectivity index (χ1) is 12.6. The summed E-state index contributed by atoms with van der Waals surface area (Å²) in [6.45, 7) is 2.10. The molecule has 26 heavy (non-hydrogen) atoms. The number of rotatable bonds is 5. The molecule has 1 aromatic rings. The molecule has 0 saturated carbocycles. The average molecular weight is 360 g/mol. The van der Waals surface area contributed by atoms with Crippen molar-refractivity contribution in [3.8, 4) is 0 Å². The van der Waals surface area contributed by atoms with E-state index in [0.717, 1.165) is 31.4 Å². The van der Waals surface area contributed by atoms with E-state index in [9.17, 15) is 9.59 Å². The van der Waals surface area contributed by atoms with Gasteiger partial charge in [-0.05, 0) is 31.9 Å². The van der Waals surface area contributed by atoms with Crippen LogP contribution >= 0.6 is 0 Å². The molecule has 2 fully saturated rings. The van der Waals surface area contributed by atoms with Crippen LogP contribution in [0.5, 0.6) is 0 Å². The number of likely N-dealkylation sites (tertiary alicyclic amines) is 1. The van der Waals surface area contributed by atoms with Crippen molar-refractivity contribution in [2.24, 2.45) is 5.92 Å². The van der Waals surface area contributed by atoms with E-state index in [0.29, 0.717) is 13.1 Å². The Morgan fingerprint density at radius 3 is 2.73 bits per heavy atom. The number of carbonyl (C=O) groups excluding carboxylic acids is 1. The number of hydrogen-bond donors (Lipinski definition) is 3. The summed E-state index contributed by atoms with van der Waals surface area (Å²) in [4.78, 5) is 27.9. The van der Waals surface area contributed by atoms with Crippen LogP contribution in [0.2, 0.25) is 0 Å². The van der Waals surface area contributed by atoms with Gasteiger partial charge < -0.3 is 10.0 Å². The zero-order valence-corrected chi connectivity index (χ0v) is 15.2. The van der Waals surface area contributed by atoms with Crippen LogP contribution in [0, 0.1) is 5.92 Å². The lowest BCUT2D eigenvalue weighted by molar-refractivity contribution is -0.139. The Morgan fingerprint density at radius 1 is 1.23 bits per heavy atom. The number of hydrazine groups is 1. The number of carbonyl (C=O) groups is 2. The van der Waals surface area contributed by atoms with Crippen LogP contribution in [0.1, 0.15) is 30.9 Å². The summed E-state index contributed by atoms with van der Waals surface area (Å²) in [6, 6.07) is 10.3. The maximum Gasteiger partial charge on any atom is 0.317 e. The fourth-order valence-electron chi connectivity index (χ4n) is 4.02. The van der Waals surface area contributed by atoms with Crippen molar-refractivity contribution >= 4 is 11.9 Å². The molecule has 0 radical (unpaired) electrons. The van der Waals surface area contributed by atoms with Gasteiger partial charge in [-0.1, -0.05) is 30.3 Å². The van der Waals surface area contributed by atoms with Gasteiger partial charge in [0, 0.05) is 25.7 Å². The van der Waals surface area contributed by atoms with Crippen molar-refractivity contribution in [2.45, 2.75) is 31.3 Å². The van der Waals surface area contributed by atoms with Crippen molar-refractivity contribution in [2.75, 3.05) is 33.2 Å². The summed E-state index contributed by atoms with van der Waals surface area (Å²) in [7, 11) is 1.85. The van der Waals surface area contributed by atoms with E-state index >= 15 is 0 Å². The third kappa shape index (κ3) is 4.41. The standard InChI is InChI=1S/C19H28N4O3/c1-22(13-17(24)25)15-8-5-10-23(11-9-15)19(26)16-12-20-21-18(16)14-6-3-2-4-7-14/h2-4,6-7,15-16,18,20-21H,5,8-13H2,1H3,(H,24,25). The minimum Gasteiger partial charge on any atom is -0.480 e. The molecular weight excluding hydrogens is 332 g/mol. The fraction of sp³-hybridized carbons (Fsp3) is 0.579. The Balaban J connectivity index is 1.62. The highest BCUT2D eigenvalue weighted by Crippen LogP contribution is 2.27. The van der Waals surface area contributed by atoms with Crippen LogP contribution in [-0.4, -0.2) is 66.1 Å². The molecule has 0 bridgehead atoms. The van der Waals surface area contributed by atoms with Crippen molar-refractivity contribution in [3.63, 3.8) is 0 Å². The molecule has 3 N–H and O–H groups in total. The molecule has 7 nitrogen and oxygen atoms in total. The number of amides is 1. The fourth-order valence-corrected chi connectivity index (χ4v) is 4.02. The highest BCUT2D eigenvalue weighted by molar-refractivity contribution is 5.80. The molecule has 7 heteroatoms.